The van der Waals surface area contributed by atoms with Crippen LogP contribution in [0.25, 0.3) is 0 Å². The quantitative estimate of drug-likeness (QED) is 0.110. The molecule has 2 aromatic rings. The summed E-state index contributed by atoms with van der Waals surface area (Å²) in [4.78, 5) is 12.8. The molecule has 0 amide bonds. The number of anilines is 1. The summed E-state index contributed by atoms with van der Waals surface area (Å²) in [6.45, 7) is 6.54. The number of rotatable bonds is 20. The minimum Gasteiger partial charge on any atom is -0.457 e. The molecule has 0 heterocycles. The van der Waals surface area contributed by atoms with Gasteiger partial charge in [0, 0.05) is 5.69 Å². The van der Waals surface area contributed by atoms with E-state index in [9.17, 15) is 4.79 Å². The molecule has 2 aromatic carbocycles. The zero-order chi connectivity index (χ0) is 26.7. The number of benzene rings is 2. The Hall–Kier alpha value is -2.29. The Kier molecular flexibility index (Phi) is 15.8. The van der Waals surface area contributed by atoms with Gasteiger partial charge in [-0.15, -0.1) is 0 Å². The molecule has 2 rings (SSSR count). The maximum atomic E-state index is 12.8. The normalized spacial score (nSPS) is 11.1. The molecular formula is C34H53NO2. The van der Waals surface area contributed by atoms with Gasteiger partial charge in [0.2, 0.25) is 0 Å². The molecule has 3 heteroatoms. The van der Waals surface area contributed by atoms with Gasteiger partial charge in [-0.1, -0.05) is 134 Å². The lowest BCUT2D eigenvalue weighted by Gasteiger charge is -2.16. The van der Waals surface area contributed by atoms with Gasteiger partial charge in [0.15, 0.2) is 0 Å². The maximum Gasteiger partial charge on any atom is 0.338 e. The smallest absolute Gasteiger partial charge is 0.338 e. The van der Waals surface area contributed by atoms with Crippen LogP contribution >= 0.6 is 0 Å². The number of esters is 1. The van der Waals surface area contributed by atoms with Crippen molar-refractivity contribution in [2.75, 3.05) is 5.73 Å². The topological polar surface area (TPSA) is 52.3 Å². The van der Waals surface area contributed by atoms with E-state index >= 15 is 0 Å². The van der Waals surface area contributed by atoms with Gasteiger partial charge in [-0.2, -0.15) is 0 Å². The highest BCUT2D eigenvalue weighted by molar-refractivity contribution is 5.92. The fourth-order valence-corrected chi connectivity index (χ4v) is 5.09. The van der Waals surface area contributed by atoms with E-state index in [1.807, 2.05) is 50.2 Å². The second-order valence-corrected chi connectivity index (χ2v) is 10.9. The SMILES string of the molecule is CCCCCCCCCCCCCCCCCCc1cc(C(=O)OCc2ccccc2)c(C)c(C)c1N. The Morgan fingerprint density at radius 2 is 1.19 bits per heavy atom. The predicted octanol–water partition coefficient (Wildman–Crippen LogP) is 10.0. The molecule has 0 saturated carbocycles. The van der Waals surface area contributed by atoms with E-state index in [0.29, 0.717) is 5.56 Å². The molecule has 0 aliphatic heterocycles. The molecule has 0 saturated heterocycles. The van der Waals surface area contributed by atoms with E-state index in [0.717, 1.165) is 40.8 Å². The van der Waals surface area contributed by atoms with Crippen LogP contribution in [0, 0.1) is 13.8 Å². The molecule has 0 aromatic heterocycles. The van der Waals surface area contributed by atoms with Crippen molar-refractivity contribution < 1.29 is 9.53 Å². The average Bonchev–Trinajstić information content (AvgIpc) is 2.91. The van der Waals surface area contributed by atoms with Gasteiger partial charge in [0.05, 0.1) is 5.56 Å². The number of nitrogens with two attached hydrogens (primary N) is 1. The molecule has 0 unspecified atom stereocenters. The molecule has 3 nitrogen and oxygen atoms in total. The van der Waals surface area contributed by atoms with Gasteiger partial charge in [-0.05, 0) is 55.0 Å². The summed E-state index contributed by atoms with van der Waals surface area (Å²) >= 11 is 0. The molecule has 2 N–H and O–H groups in total. The lowest BCUT2D eigenvalue weighted by atomic mass is 9.94. The van der Waals surface area contributed by atoms with E-state index in [1.165, 1.54) is 96.3 Å². The van der Waals surface area contributed by atoms with Crippen LogP contribution in [0.4, 0.5) is 5.69 Å². The summed E-state index contributed by atoms with van der Waals surface area (Å²) < 4.78 is 5.60. The first-order valence-electron chi connectivity index (χ1n) is 15.1. The highest BCUT2D eigenvalue weighted by Crippen LogP contribution is 2.27. The standard InChI is InChI=1S/C34H53NO2/c1-4-5-6-7-8-9-10-11-12-13-14-15-16-17-18-22-25-31-26-32(28(2)29(3)33(31)35)34(36)37-27-30-23-20-19-21-24-30/h19-21,23-24,26H,4-18,22,25,27,35H2,1-3H3. The van der Waals surface area contributed by atoms with E-state index in [4.69, 9.17) is 10.5 Å². The summed E-state index contributed by atoms with van der Waals surface area (Å²) in [7, 11) is 0. The fourth-order valence-electron chi connectivity index (χ4n) is 5.09. The zero-order valence-corrected chi connectivity index (χ0v) is 24.1. The second kappa shape index (κ2) is 18.9. The van der Waals surface area contributed by atoms with Crippen molar-refractivity contribution in [3.8, 4) is 0 Å². The number of ether oxygens (including phenoxy) is 1. The largest absolute Gasteiger partial charge is 0.457 e. The highest BCUT2D eigenvalue weighted by Gasteiger charge is 2.17. The van der Waals surface area contributed by atoms with Crippen molar-refractivity contribution in [2.45, 2.75) is 137 Å². The van der Waals surface area contributed by atoms with Gasteiger partial charge < -0.3 is 10.5 Å². The Morgan fingerprint density at radius 1 is 0.703 bits per heavy atom. The molecule has 0 bridgehead atoms. The number of carbonyl (C=O) groups excluding carboxylic acids is 1. The third-order valence-electron chi connectivity index (χ3n) is 7.77. The van der Waals surface area contributed by atoms with Crippen molar-refractivity contribution in [1.29, 1.82) is 0 Å². The lowest BCUT2D eigenvalue weighted by molar-refractivity contribution is 0.0471. The molecule has 0 aliphatic rings. The summed E-state index contributed by atoms with van der Waals surface area (Å²) in [6.07, 6.45) is 22.8. The molecular weight excluding hydrogens is 454 g/mol. The van der Waals surface area contributed by atoms with Crippen LogP contribution in [-0.2, 0) is 17.8 Å². The van der Waals surface area contributed by atoms with Crippen LogP contribution in [0.3, 0.4) is 0 Å². The van der Waals surface area contributed by atoms with E-state index in [-0.39, 0.29) is 12.6 Å². The number of hydrogen-bond donors (Lipinski definition) is 1. The number of carbonyl (C=O) groups is 1. The van der Waals surface area contributed by atoms with Crippen molar-refractivity contribution in [2.24, 2.45) is 0 Å². The lowest BCUT2D eigenvalue weighted by Crippen LogP contribution is -2.11. The molecule has 206 valence electrons. The fraction of sp³-hybridized carbons (Fsp3) is 0.618. The monoisotopic (exact) mass is 507 g/mol. The minimum absolute atomic E-state index is 0.266. The molecule has 0 spiro atoms. The van der Waals surface area contributed by atoms with Crippen molar-refractivity contribution in [1.82, 2.24) is 0 Å². The Morgan fingerprint density at radius 3 is 1.70 bits per heavy atom. The predicted molar refractivity (Wildman–Crippen MR) is 159 cm³/mol. The van der Waals surface area contributed by atoms with E-state index < -0.39 is 0 Å². The van der Waals surface area contributed by atoms with Gasteiger partial charge >= 0.3 is 5.97 Å². The van der Waals surface area contributed by atoms with Gasteiger partial charge in [-0.25, -0.2) is 4.79 Å². The Labute approximate surface area is 227 Å². The van der Waals surface area contributed by atoms with Gasteiger partial charge in [0.25, 0.3) is 0 Å². The summed E-state index contributed by atoms with van der Waals surface area (Å²) in [6, 6.07) is 11.8. The molecule has 0 aliphatic carbocycles. The van der Waals surface area contributed by atoms with Crippen LogP contribution in [0.2, 0.25) is 0 Å². The molecule has 0 radical (unpaired) electrons. The van der Waals surface area contributed by atoms with Crippen LogP contribution in [0.5, 0.6) is 0 Å². The summed E-state index contributed by atoms with van der Waals surface area (Å²) in [5.74, 6) is -0.266. The second-order valence-electron chi connectivity index (χ2n) is 10.9. The van der Waals surface area contributed by atoms with E-state index in [1.54, 1.807) is 0 Å². The molecule has 37 heavy (non-hydrogen) atoms. The highest BCUT2D eigenvalue weighted by atomic mass is 16.5. The molecule has 0 atom stereocenters. The third-order valence-corrected chi connectivity index (χ3v) is 7.77. The van der Waals surface area contributed by atoms with Gasteiger partial charge in [-0.3, -0.25) is 0 Å². The van der Waals surface area contributed by atoms with E-state index in [2.05, 4.69) is 6.92 Å². The molecule has 0 fully saturated rings. The number of aryl methyl sites for hydroxylation is 1. The first-order chi connectivity index (χ1) is 18.0. The van der Waals surface area contributed by atoms with Crippen molar-refractivity contribution in [3.05, 3.63) is 64.2 Å². The zero-order valence-electron chi connectivity index (χ0n) is 24.1. The number of hydrogen-bond acceptors (Lipinski definition) is 3. The van der Waals surface area contributed by atoms with Crippen molar-refractivity contribution in [3.63, 3.8) is 0 Å². The first-order valence-corrected chi connectivity index (χ1v) is 15.1. The van der Waals surface area contributed by atoms with Crippen LogP contribution in [-0.4, -0.2) is 5.97 Å². The van der Waals surface area contributed by atoms with Crippen LogP contribution in [0.15, 0.2) is 36.4 Å². The average molecular weight is 508 g/mol. The Bertz CT molecular complexity index is 890. The van der Waals surface area contributed by atoms with Crippen LogP contribution in [0.1, 0.15) is 142 Å². The summed E-state index contributed by atoms with van der Waals surface area (Å²) in [5, 5.41) is 0. The minimum atomic E-state index is -0.266. The summed E-state index contributed by atoms with van der Waals surface area (Å²) in [5.41, 5.74) is 11.9. The third kappa shape index (κ3) is 12.2. The number of unbranched alkanes of at least 4 members (excludes halogenated alkanes) is 15. The number of nitrogen functional groups attached to an aromatic ring is 1. The Balaban J connectivity index is 1.60. The van der Waals surface area contributed by atoms with Crippen LogP contribution < -0.4 is 5.73 Å². The first kappa shape index (κ1) is 30.9. The van der Waals surface area contributed by atoms with Crippen molar-refractivity contribution >= 4 is 11.7 Å². The maximum absolute atomic E-state index is 12.8. The van der Waals surface area contributed by atoms with Gasteiger partial charge in [0.1, 0.15) is 6.61 Å².